The Morgan fingerprint density at radius 3 is 2.88 bits per heavy atom. The van der Waals surface area contributed by atoms with E-state index < -0.39 is 5.60 Å². The molecular formula is C12H26N2O2. The number of likely N-dealkylation sites (N-methyl/N-ethyl adjacent to an activating group) is 1. The fourth-order valence-electron chi connectivity index (χ4n) is 2.06. The van der Waals surface area contributed by atoms with Gasteiger partial charge in [0.2, 0.25) is 0 Å². The summed E-state index contributed by atoms with van der Waals surface area (Å²) in [5.41, 5.74) is 4.77. The van der Waals surface area contributed by atoms with Crippen LogP contribution in [0.25, 0.3) is 0 Å². The summed E-state index contributed by atoms with van der Waals surface area (Å²) in [6, 6.07) is 0. The number of aliphatic hydroxyl groups is 1. The van der Waals surface area contributed by atoms with Crippen LogP contribution in [0.3, 0.4) is 0 Å². The number of rotatable bonds is 7. The third kappa shape index (κ3) is 5.25. The Morgan fingerprint density at radius 2 is 2.31 bits per heavy atom. The van der Waals surface area contributed by atoms with Crippen molar-refractivity contribution in [3.05, 3.63) is 0 Å². The third-order valence-electron chi connectivity index (χ3n) is 3.23. The molecule has 3 N–H and O–H groups in total. The predicted molar refractivity (Wildman–Crippen MR) is 65.4 cm³/mol. The lowest BCUT2D eigenvalue weighted by molar-refractivity contribution is 0.0505. The van der Waals surface area contributed by atoms with Gasteiger partial charge in [-0.25, -0.2) is 0 Å². The van der Waals surface area contributed by atoms with Gasteiger partial charge in [0.25, 0.3) is 0 Å². The van der Waals surface area contributed by atoms with Crippen LogP contribution in [0.2, 0.25) is 0 Å². The van der Waals surface area contributed by atoms with Gasteiger partial charge < -0.3 is 20.5 Å². The van der Waals surface area contributed by atoms with Gasteiger partial charge in [-0.1, -0.05) is 0 Å². The van der Waals surface area contributed by atoms with Crippen molar-refractivity contribution in [2.45, 2.75) is 44.3 Å². The van der Waals surface area contributed by atoms with Gasteiger partial charge >= 0.3 is 0 Å². The molecule has 1 saturated heterocycles. The maximum atomic E-state index is 9.75. The summed E-state index contributed by atoms with van der Waals surface area (Å²) in [7, 11) is 2.11. The average Bonchev–Trinajstić information content (AvgIpc) is 2.70. The zero-order valence-electron chi connectivity index (χ0n) is 10.6. The van der Waals surface area contributed by atoms with Gasteiger partial charge in [0.05, 0.1) is 11.7 Å². The van der Waals surface area contributed by atoms with Crippen LogP contribution in [-0.2, 0) is 4.74 Å². The molecule has 1 fully saturated rings. The van der Waals surface area contributed by atoms with Gasteiger partial charge in [0, 0.05) is 19.7 Å². The minimum atomic E-state index is -0.704. The summed E-state index contributed by atoms with van der Waals surface area (Å²) >= 11 is 0. The second-order valence-electron chi connectivity index (χ2n) is 5.20. The summed E-state index contributed by atoms with van der Waals surface area (Å²) in [5.74, 6) is 0. The molecular weight excluding hydrogens is 204 g/mol. The first-order valence-electron chi connectivity index (χ1n) is 6.26. The highest BCUT2D eigenvalue weighted by molar-refractivity contribution is 4.74. The predicted octanol–water partition coefficient (Wildman–Crippen LogP) is 0.587. The van der Waals surface area contributed by atoms with Crippen LogP contribution >= 0.6 is 0 Å². The van der Waals surface area contributed by atoms with E-state index in [0.29, 0.717) is 12.6 Å². The van der Waals surface area contributed by atoms with Crippen LogP contribution in [0.5, 0.6) is 0 Å². The summed E-state index contributed by atoms with van der Waals surface area (Å²) in [4.78, 5) is 2.28. The first-order chi connectivity index (χ1) is 7.53. The Morgan fingerprint density at radius 1 is 1.56 bits per heavy atom. The van der Waals surface area contributed by atoms with E-state index in [4.69, 9.17) is 10.5 Å². The van der Waals surface area contributed by atoms with E-state index in [0.717, 1.165) is 32.5 Å². The van der Waals surface area contributed by atoms with Crippen LogP contribution in [0, 0.1) is 0 Å². The van der Waals surface area contributed by atoms with Gasteiger partial charge in [-0.3, -0.25) is 0 Å². The monoisotopic (exact) mass is 230 g/mol. The first kappa shape index (κ1) is 13.9. The Labute approximate surface area is 98.8 Å². The maximum absolute atomic E-state index is 9.75. The van der Waals surface area contributed by atoms with Crippen LogP contribution in [0.1, 0.15) is 32.6 Å². The van der Waals surface area contributed by atoms with Crippen LogP contribution in [-0.4, -0.2) is 55.0 Å². The zero-order chi connectivity index (χ0) is 12.0. The lowest BCUT2D eigenvalue weighted by atomic mass is 10.0. The molecule has 0 aromatic rings. The molecule has 16 heavy (non-hydrogen) atoms. The molecule has 4 heteroatoms. The molecule has 1 aliphatic rings. The van der Waals surface area contributed by atoms with Crippen molar-refractivity contribution in [3.8, 4) is 0 Å². The SMILES string of the molecule is CN(CCCC(C)(O)CN)CC1CCCO1. The molecule has 0 aliphatic carbocycles. The summed E-state index contributed by atoms with van der Waals surface area (Å²) < 4.78 is 5.58. The van der Waals surface area contributed by atoms with E-state index in [2.05, 4.69) is 11.9 Å². The molecule has 2 atom stereocenters. The van der Waals surface area contributed by atoms with Crippen molar-refractivity contribution in [2.24, 2.45) is 5.73 Å². The van der Waals surface area contributed by atoms with E-state index in [1.54, 1.807) is 6.92 Å². The summed E-state index contributed by atoms with van der Waals surface area (Å²) in [6.45, 7) is 5.05. The molecule has 0 aromatic heterocycles. The highest BCUT2D eigenvalue weighted by Gasteiger charge is 2.19. The second kappa shape index (κ2) is 6.55. The highest BCUT2D eigenvalue weighted by atomic mass is 16.5. The van der Waals surface area contributed by atoms with Crippen molar-refractivity contribution in [1.29, 1.82) is 0 Å². The smallest absolute Gasteiger partial charge is 0.0741 e. The largest absolute Gasteiger partial charge is 0.389 e. The summed E-state index contributed by atoms with van der Waals surface area (Å²) in [5, 5.41) is 9.75. The van der Waals surface area contributed by atoms with E-state index in [1.807, 2.05) is 0 Å². The van der Waals surface area contributed by atoms with E-state index in [9.17, 15) is 5.11 Å². The molecule has 0 spiro atoms. The first-order valence-corrected chi connectivity index (χ1v) is 6.26. The molecule has 2 unspecified atom stereocenters. The summed E-state index contributed by atoms with van der Waals surface area (Å²) in [6.07, 6.45) is 4.54. The maximum Gasteiger partial charge on any atom is 0.0741 e. The molecule has 96 valence electrons. The Kier molecular flexibility index (Phi) is 5.69. The lowest BCUT2D eigenvalue weighted by Crippen LogP contribution is -2.36. The van der Waals surface area contributed by atoms with Gasteiger partial charge in [-0.2, -0.15) is 0 Å². The Bertz CT molecular complexity index is 191. The van der Waals surface area contributed by atoms with E-state index in [1.165, 1.54) is 12.8 Å². The third-order valence-corrected chi connectivity index (χ3v) is 3.23. The van der Waals surface area contributed by atoms with Gasteiger partial charge in [0.15, 0.2) is 0 Å². The standard InChI is InChI=1S/C12H26N2O2/c1-12(15,10-13)6-4-7-14(2)9-11-5-3-8-16-11/h11,15H,3-10,13H2,1-2H3. The van der Waals surface area contributed by atoms with E-state index >= 15 is 0 Å². The van der Waals surface area contributed by atoms with Crippen molar-refractivity contribution in [1.82, 2.24) is 4.90 Å². The lowest BCUT2D eigenvalue weighted by Gasteiger charge is -2.24. The van der Waals surface area contributed by atoms with Crippen LogP contribution < -0.4 is 5.73 Å². The molecule has 0 radical (unpaired) electrons. The quantitative estimate of drug-likeness (QED) is 0.672. The molecule has 1 aliphatic heterocycles. The van der Waals surface area contributed by atoms with Crippen molar-refractivity contribution in [2.75, 3.05) is 33.3 Å². The second-order valence-corrected chi connectivity index (χ2v) is 5.20. The van der Waals surface area contributed by atoms with Crippen LogP contribution in [0.4, 0.5) is 0 Å². The minimum absolute atomic E-state index is 0.336. The van der Waals surface area contributed by atoms with Gasteiger partial charge in [-0.05, 0) is 46.2 Å². The van der Waals surface area contributed by atoms with Crippen LogP contribution in [0.15, 0.2) is 0 Å². The van der Waals surface area contributed by atoms with E-state index in [-0.39, 0.29) is 0 Å². The molecule has 0 aromatic carbocycles. The molecule has 0 amide bonds. The molecule has 4 nitrogen and oxygen atoms in total. The normalized spacial score (nSPS) is 24.9. The number of nitrogens with two attached hydrogens (primary N) is 1. The fourth-order valence-corrected chi connectivity index (χ4v) is 2.06. The number of ether oxygens (including phenoxy) is 1. The number of hydrogen-bond donors (Lipinski definition) is 2. The van der Waals surface area contributed by atoms with Gasteiger partial charge in [-0.15, -0.1) is 0 Å². The molecule has 0 bridgehead atoms. The Balaban J connectivity index is 2.07. The van der Waals surface area contributed by atoms with Crippen molar-refractivity contribution < 1.29 is 9.84 Å². The minimum Gasteiger partial charge on any atom is -0.389 e. The van der Waals surface area contributed by atoms with Crippen molar-refractivity contribution >= 4 is 0 Å². The fraction of sp³-hybridized carbons (Fsp3) is 1.00. The number of hydrogen-bond acceptors (Lipinski definition) is 4. The molecule has 0 saturated carbocycles. The van der Waals surface area contributed by atoms with Crippen molar-refractivity contribution in [3.63, 3.8) is 0 Å². The van der Waals surface area contributed by atoms with Gasteiger partial charge in [0.1, 0.15) is 0 Å². The molecule has 1 rings (SSSR count). The zero-order valence-corrected chi connectivity index (χ0v) is 10.6. The topological polar surface area (TPSA) is 58.7 Å². The Hall–Kier alpha value is -0.160. The number of nitrogens with zero attached hydrogens (tertiary/aromatic N) is 1. The highest BCUT2D eigenvalue weighted by Crippen LogP contribution is 2.14. The average molecular weight is 230 g/mol. The molecule has 1 heterocycles.